The average molecular weight is 341 g/mol. The van der Waals surface area contributed by atoms with Gasteiger partial charge in [0.25, 0.3) is 0 Å². The van der Waals surface area contributed by atoms with E-state index < -0.39 is 5.97 Å². The van der Waals surface area contributed by atoms with Crippen LogP contribution < -0.4 is 10.5 Å². The van der Waals surface area contributed by atoms with Gasteiger partial charge in [-0.25, -0.2) is 9.48 Å². The highest BCUT2D eigenvalue weighted by Gasteiger charge is 2.18. The third kappa shape index (κ3) is 2.81. The molecule has 0 aliphatic heterocycles. The zero-order valence-electron chi connectivity index (χ0n) is 10.7. The lowest BCUT2D eigenvalue weighted by Gasteiger charge is -2.10. The first-order chi connectivity index (χ1) is 9.56. The van der Waals surface area contributed by atoms with E-state index in [4.69, 9.17) is 15.6 Å². The molecule has 1 heterocycles. The van der Waals surface area contributed by atoms with Crippen molar-refractivity contribution >= 4 is 21.9 Å². The third-order valence-corrected chi connectivity index (χ3v) is 3.29. The summed E-state index contributed by atoms with van der Waals surface area (Å²) >= 11 is 3.38. The third-order valence-electron chi connectivity index (χ3n) is 2.80. The van der Waals surface area contributed by atoms with Crippen LogP contribution >= 0.6 is 15.9 Å². The first kappa shape index (κ1) is 14.5. The van der Waals surface area contributed by atoms with Crippen molar-refractivity contribution in [3.8, 4) is 5.75 Å². The second kappa shape index (κ2) is 6.02. The predicted octanol–water partition coefficient (Wildman–Crippen LogP) is 1.25. The summed E-state index contributed by atoms with van der Waals surface area (Å²) in [5, 5.41) is 16.5. The minimum atomic E-state index is -1.14. The normalized spacial score (nSPS) is 10.6. The number of hydrogen-bond acceptors (Lipinski definition) is 5. The van der Waals surface area contributed by atoms with Crippen molar-refractivity contribution in [1.29, 1.82) is 0 Å². The largest absolute Gasteiger partial charge is 0.496 e. The number of carboxylic acid groups (broad SMARTS) is 1. The second-order valence-electron chi connectivity index (χ2n) is 4.01. The van der Waals surface area contributed by atoms with E-state index in [2.05, 4.69) is 26.2 Å². The number of methoxy groups -OCH3 is 1. The van der Waals surface area contributed by atoms with Crippen molar-refractivity contribution in [1.82, 2.24) is 15.0 Å². The Labute approximate surface area is 123 Å². The van der Waals surface area contributed by atoms with Crippen LogP contribution in [0.4, 0.5) is 0 Å². The number of carbonyl (C=O) groups is 1. The number of ether oxygens (including phenoxy) is 1. The quantitative estimate of drug-likeness (QED) is 0.849. The molecule has 0 aliphatic carbocycles. The fraction of sp³-hybridized carbons (Fsp3) is 0.250. The summed E-state index contributed by atoms with van der Waals surface area (Å²) in [4.78, 5) is 11.0. The molecule has 8 heteroatoms. The van der Waals surface area contributed by atoms with E-state index in [1.54, 1.807) is 7.11 Å². The second-order valence-corrected chi connectivity index (χ2v) is 4.92. The smallest absolute Gasteiger partial charge is 0.358 e. The van der Waals surface area contributed by atoms with Gasteiger partial charge in [0.15, 0.2) is 5.69 Å². The molecule has 0 aliphatic rings. The minimum Gasteiger partial charge on any atom is -0.496 e. The minimum absolute atomic E-state index is 0.0466. The van der Waals surface area contributed by atoms with Crippen molar-refractivity contribution in [2.75, 3.05) is 7.11 Å². The summed E-state index contributed by atoms with van der Waals surface area (Å²) in [6, 6.07) is 5.55. The molecule has 0 unspecified atom stereocenters. The molecule has 1 aromatic carbocycles. The number of hydrogen-bond donors (Lipinski definition) is 2. The molecule has 7 nitrogen and oxygen atoms in total. The summed E-state index contributed by atoms with van der Waals surface area (Å²) in [6.45, 7) is 0.375. The van der Waals surface area contributed by atoms with Crippen molar-refractivity contribution in [2.45, 2.75) is 13.1 Å². The molecule has 20 heavy (non-hydrogen) atoms. The van der Waals surface area contributed by atoms with Gasteiger partial charge in [-0.1, -0.05) is 21.1 Å². The van der Waals surface area contributed by atoms with E-state index in [9.17, 15) is 4.79 Å². The topological polar surface area (TPSA) is 103 Å². The van der Waals surface area contributed by atoms with E-state index in [1.165, 1.54) is 4.68 Å². The Morgan fingerprint density at radius 3 is 2.90 bits per heavy atom. The van der Waals surface area contributed by atoms with Gasteiger partial charge in [-0.05, 0) is 18.2 Å². The van der Waals surface area contributed by atoms with Crippen molar-refractivity contribution in [3.05, 3.63) is 39.6 Å². The highest BCUT2D eigenvalue weighted by molar-refractivity contribution is 9.10. The average Bonchev–Trinajstić information content (AvgIpc) is 2.82. The zero-order chi connectivity index (χ0) is 14.7. The van der Waals surface area contributed by atoms with E-state index in [-0.39, 0.29) is 12.2 Å². The van der Waals surface area contributed by atoms with Gasteiger partial charge in [-0.15, -0.1) is 5.10 Å². The lowest BCUT2D eigenvalue weighted by atomic mass is 10.2. The molecule has 1 aromatic heterocycles. The number of nitrogens with zero attached hydrogens (tertiary/aromatic N) is 3. The van der Waals surface area contributed by atoms with Crippen LogP contribution in [-0.2, 0) is 13.1 Å². The lowest BCUT2D eigenvalue weighted by molar-refractivity contribution is 0.0689. The van der Waals surface area contributed by atoms with Crippen LogP contribution in [0.15, 0.2) is 22.7 Å². The SMILES string of the molecule is COc1ccc(Br)cc1Cn1nnc(C(=O)O)c1CN. The lowest BCUT2D eigenvalue weighted by Crippen LogP contribution is -2.13. The number of carboxylic acids is 1. The Balaban J connectivity index is 2.40. The molecule has 106 valence electrons. The highest BCUT2D eigenvalue weighted by atomic mass is 79.9. The number of rotatable bonds is 5. The van der Waals surface area contributed by atoms with Crippen LogP contribution in [0, 0.1) is 0 Å². The standard InChI is InChI=1S/C12H13BrN4O3/c1-20-10-3-2-8(13)4-7(10)6-17-9(5-14)11(12(18)19)15-16-17/h2-4H,5-6,14H2,1H3,(H,18,19). The highest BCUT2D eigenvalue weighted by Crippen LogP contribution is 2.24. The monoisotopic (exact) mass is 340 g/mol. The fourth-order valence-electron chi connectivity index (χ4n) is 1.86. The molecular formula is C12H13BrN4O3. The number of aromatic nitrogens is 3. The van der Waals surface area contributed by atoms with Gasteiger partial charge in [0.05, 0.1) is 19.3 Å². The van der Waals surface area contributed by atoms with Crippen molar-refractivity contribution < 1.29 is 14.6 Å². The van der Waals surface area contributed by atoms with Crippen LogP contribution in [0.3, 0.4) is 0 Å². The first-order valence-corrected chi connectivity index (χ1v) is 6.54. The molecule has 0 saturated carbocycles. The van der Waals surface area contributed by atoms with Crippen LogP contribution in [0.1, 0.15) is 21.7 Å². The van der Waals surface area contributed by atoms with Crippen LogP contribution in [-0.4, -0.2) is 33.2 Å². The maximum absolute atomic E-state index is 11.0. The predicted molar refractivity (Wildman–Crippen MR) is 74.7 cm³/mol. The van der Waals surface area contributed by atoms with Crippen LogP contribution in [0.25, 0.3) is 0 Å². The number of aromatic carboxylic acids is 1. The Morgan fingerprint density at radius 2 is 2.30 bits per heavy atom. The van der Waals surface area contributed by atoms with Gasteiger partial charge in [-0.3, -0.25) is 0 Å². The number of benzene rings is 1. The molecule has 0 fully saturated rings. The number of nitrogens with two attached hydrogens (primary N) is 1. The molecule has 0 amide bonds. The van der Waals surface area contributed by atoms with E-state index >= 15 is 0 Å². The molecule has 0 bridgehead atoms. The summed E-state index contributed by atoms with van der Waals surface area (Å²) in [6.07, 6.45) is 0. The van der Waals surface area contributed by atoms with E-state index in [0.717, 1.165) is 10.0 Å². The van der Waals surface area contributed by atoms with E-state index in [0.29, 0.717) is 18.0 Å². The molecule has 0 saturated heterocycles. The molecule has 0 atom stereocenters. The Bertz CT molecular complexity index is 642. The van der Waals surface area contributed by atoms with Crippen molar-refractivity contribution in [2.24, 2.45) is 5.73 Å². The maximum atomic E-state index is 11.0. The van der Waals surface area contributed by atoms with Gasteiger partial charge < -0.3 is 15.6 Å². The maximum Gasteiger partial charge on any atom is 0.358 e. The van der Waals surface area contributed by atoms with Crippen LogP contribution in [0.2, 0.25) is 0 Å². The Hall–Kier alpha value is -1.93. The Morgan fingerprint density at radius 1 is 1.55 bits per heavy atom. The van der Waals surface area contributed by atoms with E-state index in [1.807, 2.05) is 18.2 Å². The molecular weight excluding hydrogens is 328 g/mol. The summed E-state index contributed by atoms with van der Waals surface area (Å²) in [5.41, 5.74) is 6.68. The van der Waals surface area contributed by atoms with Crippen LogP contribution in [0.5, 0.6) is 5.75 Å². The summed E-state index contributed by atoms with van der Waals surface area (Å²) in [5.74, 6) is -0.457. The fourth-order valence-corrected chi connectivity index (χ4v) is 2.27. The molecule has 0 spiro atoms. The molecule has 2 rings (SSSR count). The van der Waals surface area contributed by atoms with Gasteiger partial charge >= 0.3 is 5.97 Å². The van der Waals surface area contributed by atoms with Crippen molar-refractivity contribution in [3.63, 3.8) is 0 Å². The van der Waals surface area contributed by atoms with Gasteiger partial charge in [0, 0.05) is 16.6 Å². The van der Waals surface area contributed by atoms with Gasteiger partial charge in [-0.2, -0.15) is 0 Å². The Kier molecular flexibility index (Phi) is 4.35. The van der Waals surface area contributed by atoms with Gasteiger partial charge in [0.1, 0.15) is 5.75 Å². The number of halogens is 1. The zero-order valence-corrected chi connectivity index (χ0v) is 12.3. The molecule has 0 radical (unpaired) electrons. The molecule has 3 N–H and O–H groups in total. The summed E-state index contributed by atoms with van der Waals surface area (Å²) in [7, 11) is 1.57. The molecule has 2 aromatic rings. The first-order valence-electron chi connectivity index (χ1n) is 5.75. The van der Waals surface area contributed by atoms with Gasteiger partial charge in [0.2, 0.25) is 0 Å². The summed E-state index contributed by atoms with van der Waals surface area (Å²) < 4.78 is 7.63.